The summed E-state index contributed by atoms with van der Waals surface area (Å²) in [6.45, 7) is 2.48. The van der Waals surface area contributed by atoms with Gasteiger partial charge in [0.1, 0.15) is 5.56 Å². The molecule has 140 valence electrons. The van der Waals surface area contributed by atoms with Gasteiger partial charge in [-0.1, -0.05) is 18.2 Å². The summed E-state index contributed by atoms with van der Waals surface area (Å²) in [6, 6.07) is 11.3. The van der Waals surface area contributed by atoms with Crippen LogP contribution >= 0.6 is 11.3 Å². The summed E-state index contributed by atoms with van der Waals surface area (Å²) < 4.78 is 2.57. The molecule has 0 saturated carbocycles. The number of hydrogen-bond donors (Lipinski definition) is 1. The highest BCUT2D eigenvalue weighted by molar-refractivity contribution is 7.16. The molecule has 3 aromatic heterocycles. The Morgan fingerprint density at radius 1 is 1.21 bits per heavy atom. The summed E-state index contributed by atoms with van der Waals surface area (Å²) in [5.74, 6) is -0.371. The topological polar surface area (TPSA) is 76.9 Å². The zero-order valence-electron chi connectivity index (χ0n) is 15.3. The monoisotopic (exact) mass is 390 g/mol. The van der Waals surface area contributed by atoms with Crippen molar-refractivity contribution in [1.29, 1.82) is 0 Å². The highest BCUT2D eigenvalue weighted by Gasteiger charge is 2.16. The molecule has 1 aromatic carbocycles. The maximum absolute atomic E-state index is 12.9. The number of hydrogen-bond acceptors (Lipinski definition) is 5. The van der Waals surface area contributed by atoms with Crippen LogP contribution in [0.1, 0.15) is 27.0 Å². The third kappa shape index (κ3) is 3.57. The van der Waals surface area contributed by atoms with Gasteiger partial charge in [-0.3, -0.25) is 14.6 Å². The first-order valence-electron chi connectivity index (χ1n) is 8.82. The second kappa shape index (κ2) is 7.74. The second-order valence-corrected chi connectivity index (χ2v) is 7.32. The van der Waals surface area contributed by atoms with E-state index in [4.69, 9.17) is 0 Å². The molecule has 0 spiro atoms. The SMILES string of the molecule is Cc1ccn(Cc2cccnc2)c(=O)c1C(=O)NCc1cccc2ncsc12. The highest BCUT2D eigenvalue weighted by atomic mass is 32.1. The predicted molar refractivity (Wildman–Crippen MR) is 110 cm³/mol. The van der Waals surface area contributed by atoms with Crippen molar-refractivity contribution in [2.75, 3.05) is 0 Å². The Labute approximate surface area is 165 Å². The van der Waals surface area contributed by atoms with Crippen LogP contribution < -0.4 is 10.9 Å². The zero-order chi connectivity index (χ0) is 19.5. The number of carbonyl (C=O) groups excluding carboxylic acids is 1. The molecule has 0 atom stereocenters. The van der Waals surface area contributed by atoms with Crippen molar-refractivity contribution >= 4 is 27.5 Å². The molecule has 1 N–H and O–H groups in total. The molecule has 0 aliphatic rings. The third-order valence-corrected chi connectivity index (χ3v) is 5.47. The fourth-order valence-corrected chi connectivity index (χ4v) is 3.91. The van der Waals surface area contributed by atoms with Gasteiger partial charge in [-0.05, 0) is 41.8 Å². The summed E-state index contributed by atoms with van der Waals surface area (Å²) in [4.78, 5) is 34.0. The molecule has 28 heavy (non-hydrogen) atoms. The summed E-state index contributed by atoms with van der Waals surface area (Å²) in [5.41, 5.74) is 5.09. The molecule has 4 aromatic rings. The largest absolute Gasteiger partial charge is 0.348 e. The van der Waals surface area contributed by atoms with Gasteiger partial charge in [-0.15, -0.1) is 11.3 Å². The number of nitrogens with one attached hydrogen (secondary N) is 1. The summed E-state index contributed by atoms with van der Waals surface area (Å²) in [7, 11) is 0. The van der Waals surface area contributed by atoms with Crippen LogP contribution in [0.25, 0.3) is 10.2 Å². The Balaban J connectivity index is 1.58. The molecule has 0 unspecified atom stereocenters. The molecule has 4 rings (SSSR count). The first-order chi connectivity index (χ1) is 13.6. The van der Waals surface area contributed by atoms with Crippen LogP contribution in [0.3, 0.4) is 0 Å². The summed E-state index contributed by atoms with van der Waals surface area (Å²) >= 11 is 1.54. The lowest BCUT2D eigenvalue weighted by atomic mass is 10.1. The fraction of sp³-hybridized carbons (Fsp3) is 0.143. The number of carbonyl (C=O) groups is 1. The van der Waals surface area contributed by atoms with Gasteiger partial charge < -0.3 is 9.88 Å². The average molecular weight is 390 g/mol. The number of pyridine rings is 2. The van der Waals surface area contributed by atoms with E-state index in [1.165, 1.54) is 15.9 Å². The minimum atomic E-state index is -0.371. The van der Waals surface area contributed by atoms with E-state index in [2.05, 4.69) is 15.3 Å². The molecule has 0 radical (unpaired) electrons. The van der Waals surface area contributed by atoms with Crippen LogP contribution in [0, 0.1) is 6.92 Å². The first-order valence-corrected chi connectivity index (χ1v) is 9.69. The van der Waals surface area contributed by atoms with Crippen molar-refractivity contribution in [1.82, 2.24) is 19.9 Å². The van der Waals surface area contributed by atoms with Crippen LogP contribution in [0.4, 0.5) is 0 Å². The predicted octanol–water partition coefficient (Wildman–Crippen LogP) is 3.14. The van der Waals surface area contributed by atoms with Gasteiger partial charge in [-0.2, -0.15) is 0 Å². The van der Waals surface area contributed by atoms with Crippen molar-refractivity contribution in [2.24, 2.45) is 0 Å². The van der Waals surface area contributed by atoms with Crippen LogP contribution in [-0.2, 0) is 13.1 Å². The smallest absolute Gasteiger partial charge is 0.263 e. The van der Waals surface area contributed by atoms with Crippen LogP contribution in [0.2, 0.25) is 0 Å². The Morgan fingerprint density at radius 3 is 2.93 bits per heavy atom. The lowest BCUT2D eigenvalue weighted by Crippen LogP contribution is -2.34. The summed E-state index contributed by atoms with van der Waals surface area (Å²) in [5, 5.41) is 2.88. The van der Waals surface area contributed by atoms with Gasteiger partial charge in [0.15, 0.2) is 0 Å². The van der Waals surface area contributed by atoms with E-state index < -0.39 is 0 Å². The number of fused-ring (bicyclic) bond motifs is 1. The van der Waals surface area contributed by atoms with E-state index >= 15 is 0 Å². The van der Waals surface area contributed by atoms with Crippen LogP contribution in [-0.4, -0.2) is 20.4 Å². The maximum Gasteiger partial charge on any atom is 0.263 e. The minimum absolute atomic E-state index is 0.169. The molecular weight excluding hydrogens is 372 g/mol. The molecule has 3 heterocycles. The molecular formula is C21H18N4O2S. The Hall–Kier alpha value is -3.32. The van der Waals surface area contributed by atoms with Crippen LogP contribution in [0.5, 0.6) is 0 Å². The molecule has 1 amide bonds. The van der Waals surface area contributed by atoms with E-state index in [-0.39, 0.29) is 17.0 Å². The number of amides is 1. The van der Waals surface area contributed by atoms with Gasteiger partial charge in [0.2, 0.25) is 0 Å². The van der Waals surface area contributed by atoms with Gasteiger partial charge in [0.25, 0.3) is 11.5 Å². The molecule has 7 heteroatoms. The van der Waals surface area contributed by atoms with E-state index in [9.17, 15) is 9.59 Å². The van der Waals surface area contributed by atoms with Crippen molar-refractivity contribution < 1.29 is 4.79 Å². The minimum Gasteiger partial charge on any atom is -0.348 e. The van der Waals surface area contributed by atoms with E-state index in [1.54, 1.807) is 37.1 Å². The van der Waals surface area contributed by atoms with Crippen molar-refractivity contribution in [2.45, 2.75) is 20.0 Å². The van der Waals surface area contributed by atoms with Gasteiger partial charge in [0, 0.05) is 25.1 Å². The molecule has 0 aliphatic heterocycles. The molecule has 0 bridgehead atoms. The van der Waals surface area contributed by atoms with E-state index in [1.807, 2.05) is 30.3 Å². The lowest BCUT2D eigenvalue weighted by Gasteiger charge is -2.11. The Morgan fingerprint density at radius 2 is 2.11 bits per heavy atom. The van der Waals surface area contributed by atoms with E-state index in [0.717, 1.165) is 21.3 Å². The number of nitrogens with zero attached hydrogens (tertiary/aromatic N) is 3. The number of aryl methyl sites for hydroxylation is 1. The molecule has 0 aliphatic carbocycles. The zero-order valence-corrected chi connectivity index (χ0v) is 16.1. The molecule has 0 fully saturated rings. The quantitative estimate of drug-likeness (QED) is 0.568. The molecule has 6 nitrogen and oxygen atoms in total. The first kappa shape index (κ1) is 18.1. The maximum atomic E-state index is 12.9. The van der Waals surface area contributed by atoms with E-state index in [0.29, 0.717) is 18.7 Å². The number of aromatic nitrogens is 3. The highest BCUT2D eigenvalue weighted by Crippen LogP contribution is 2.22. The molecule has 0 saturated heterocycles. The lowest BCUT2D eigenvalue weighted by molar-refractivity contribution is 0.0948. The second-order valence-electron chi connectivity index (χ2n) is 6.47. The Bertz CT molecular complexity index is 1200. The fourth-order valence-electron chi connectivity index (χ4n) is 3.10. The standard InChI is InChI=1S/C21H18N4O2S/c1-14-7-9-25(12-15-4-3-8-22-10-15)21(27)18(14)20(26)23-11-16-5-2-6-17-19(16)28-13-24-17/h2-10,13H,11-12H2,1H3,(H,23,26). The van der Waals surface area contributed by atoms with Gasteiger partial charge in [-0.25, -0.2) is 4.98 Å². The van der Waals surface area contributed by atoms with Crippen LogP contribution in [0.15, 0.2) is 65.3 Å². The number of thiazole rings is 1. The Kier molecular flexibility index (Phi) is 4.99. The normalized spacial score (nSPS) is 10.9. The van der Waals surface area contributed by atoms with Crippen molar-refractivity contribution in [3.63, 3.8) is 0 Å². The number of benzene rings is 1. The number of rotatable bonds is 5. The third-order valence-electron chi connectivity index (χ3n) is 4.55. The van der Waals surface area contributed by atoms with Gasteiger partial charge >= 0.3 is 0 Å². The average Bonchev–Trinajstić information content (AvgIpc) is 3.19. The van der Waals surface area contributed by atoms with Gasteiger partial charge in [0.05, 0.1) is 22.3 Å². The summed E-state index contributed by atoms with van der Waals surface area (Å²) in [6.07, 6.45) is 5.10. The van der Waals surface area contributed by atoms with Crippen molar-refractivity contribution in [3.05, 3.63) is 93.1 Å². The van der Waals surface area contributed by atoms with Crippen molar-refractivity contribution in [3.8, 4) is 0 Å².